The zero-order valence-electron chi connectivity index (χ0n) is 18.1. The number of anilines is 1. The van der Waals surface area contributed by atoms with Crippen LogP contribution in [0.15, 0.2) is 42.5 Å². The van der Waals surface area contributed by atoms with Crippen molar-refractivity contribution in [3.63, 3.8) is 0 Å². The van der Waals surface area contributed by atoms with Crippen LogP contribution in [0.4, 0.5) is 5.13 Å². The Morgan fingerprint density at radius 2 is 1.63 bits per heavy atom. The molecule has 1 amide bonds. The summed E-state index contributed by atoms with van der Waals surface area (Å²) in [6.45, 7) is 7.52. The lowest BCUT2D eigenvalue weighted by Gasteiger charge is -2.24. The minimum atomic E-state index is 0.0327. The fraction of sp³-hybridized carbons (Fsp3) is 0.391. The molecule has 0 aliphatic carbocycles. The van der Waals surface area contributed by atoms with Crippen LogP contribution in [0.5, 0.6) is 11.5 Å². The molecule has 30 heavy (non-hydrogen) atoms. The highest BCUT2D eigenvalue weighted by molar-refractivity contribution is 7.22. The Kier molecular flexibility index (Phi) is 7.65. The van der Waals surface area contributed by atoms with Crippen LogP contribution in [0.3, 0.4) is 0 Å². The van der Waals surface area contributed by atoms with Crippen LogP contribution < -0.4 is 14.4 Å². The van der Waals surface area contributed by atoms with Crippen molar-refractivity contribution in [1.29, 1.82) is 0 Å². The predicted octanol–water partition coefficient (Wildman–Crippen LogP) is 4.23. The first kappa shape index (κ1) is 22.1. The van der Waals surface area contributed by atoms with Gasteiger partial charge in [0, 0.05) is 13.1 Å². The van der Waals surface area contributed by atoms with Crippen LogP contribution in [0.2, 0.25) is 0 Å². The van der Waals surface area contributed by atoms with Crippen LogP contribution in [0.25, 0.3) is 10.2 Å². The maximum atomic E-state index is 13.3. The van der Waals surface area contributed by atoms with E-state index in [-0.39, 0.29) is 5.91 Å². The third-order valence-corrected chi connectivity index (χ3v) is 6.26. The minimum Gasteiger partial charge on any atom is -0.495 e. The van der Waals surface area contributed by atoms with Gasteiger partial charge in [-0.1, -0.05) is 55.5 Å². The van der Waals surface area contributed by atoms with Crippen molar-refractivity contribution in [2.45, 2.75) is 20.3 Å². The highest BCUT2D eigenvalue weighted by Crippen LogP contribution is 2.40. The molecule has 0 fully saturated rings. The Hall–Kier alpha value is -2.64. The lowest BCUT2D eigenvalue weighted by molar-refractivity contribution is -0.118. The molecule has 7 heteroatoms. The van der Waals surface area contributed by atoms with E-state index in [0.717, 1.165) is 41.2 Å². The lowest BCUT2D eigenvalue weighted by atomic mass is 10.1. The first-order valence-corrected chi connectivity index (χ1v) is 11.0. The molecule has 0 aliphatic rings. The number of methoxy groups -OCH3 is 2. The Bertz CT molecular complexity index is 929. The van der Waals surface area contributed by atoms with Crippen molar-refractivity contribution in [2.24, 2.45) is 0 Å². The number of hydrogen-bond acceptors (Lipinski definition) is 6. The summed E-state index contributed by atoms with van der Waals surface area (Å²) in [6, 6.07) is 13.5. The minimum absolute atomic E-state index is 0.0327. The lowest BCUT2D eigenvalue weighted by Crippen LogP contribution is -2.39. The number of amides is 1. The molecule has 0 saturated heterocycles. The van der Waals surface area contributed by atoms with Crippen molar-refractivity contribution in [3.8, 4) is 11.5 Å². The second-order valence-electron chi connectivity index (χ2n) is 6.88. The first-order valence-electron chi connectivity index (χ1n) is 10.2. The van der Waals surface area contributed by atoms with Crippen molar-refractivity contribution in [1.82, 2.24) is 9.88 Å². The van der Waals surface area contributed by atoms with Gasteiger partial charge in [0.25, 0.3) is 0 Å². The monoisotopic (exact) mass is 427 g/mol. The van der Waals surface area contributed by atoms with E-state index in [1.54, 1.807) is 19.1 Å². The molecular weight excluding hydrogens is 398 g/mol. The largest absolute Gasteiger partial charge is 0.495 e. The molecule has 0 N–H and O–H groups in total. The van der Waals surface area contributed by atoms with E-state index in [4.69, 9.17) is 14.5 Å². The van der Waals surface area contributed by atoms with Gasteiger partial charge in [0.1, 0.15) is 21.7 Å². The number of nitrogens with zero attached hydrogens (tertiary/aromatic N) is 3. The van der Waals surface area contributed by atoms with E-state index in [1.165, 1.54) is 11.3 Å². The molecule has 0 bridgehead atoms. The smallest absolute Gasteiger partial charge is 0.233 e. The summed E-state index contributed by atoms with van der Waals surface area (Å²) in [5.74, 6) is 1.44. The van der Waals surface area contributed by atoms with E-state index in [0.29, 0.717) is 23.8 Å². The quantitative estimate of drug-likeness (QED) is 0.485. The second kappa shape index (κ2) is 10.4. The SMILES string of the molecule is CCN(CC)CCN(C(=O)Cc1ccccc1)c1nc2c(OC)ccc(OC)c2s1. The average Bonchev–Trinajstić information content (AvgIpc) is 3.21. The van der Waals surface area contributed by atoms with E-state index < -0.39 is 0 Å². The number of fused-ring (bicyclic) bond motifs is 1. The van der Waals surface area contributed by atoms with E-state index in [9.17, 15) is 4.79 Å². The fourth-order valence-electron chi connectivity index (χ4n) is 3.36. The standard InChI is InChI=1S/C23H29N3O3S/c1-5-25(6-2)14-15-26(20(27)16-17-10-8-7-9-11-17)23-24-21-18(28-3)12-13-19(29-4)22(21)30-23/h7-13H,5-6,14-16H2,1-4H3. The molecule has 0 saturated carbocycles. The second-order valence-corrected chi connectivity index (χ2v) is 7.86. The summed E-state index contributed by atoms with van der Waals surface area (Å²) in [4.78, 5) is 22.2. The topological polar surface area (TPSA) is 54.9 Å². The Labute approximate surface area is 182 Å². The van der Waals surface area contributed by atoms with Crippen LogP contribution in [-0.2, 0) is 11.2 Å². The number of carbonyl (C=O) groups excluding carboxylic acids is 1. The van der Waals surface area contributed by atoms with Crippen molar-refractivity contribution < 1.29 is 14.3 Å². The molecule has 160 valence electrons. The van der Waals surface area contributed by atoms with Crippen LogP contribution in [0, 0.1) is 0 Å². The zero-order valence-corrected chi connectivity index (χ0v) is 18.9. The van der Waals surface area contributed by atoms with Gasteiger partial charge >= 0.3 is 0 Å². The number of rotatable bonds is 10. The first-order chi connectivity index (χ1) is 14.6. The van der Waals surface area contributed by atoms with Gasteiger partial charge in [0.05, 0.1) is 20.6 Å². The van der Waals surface area contributed by atoms with E-state index in [2.05, 4.69) is 18.7 Å². The highest BCUT2D eigenvalue weighted by atomic mass is 32.1. The van der Waals surface area contributed by atoms with Gasteiger partial charge in [-0.2, -0.15) is 0 Å². The molecule has 1 heterocycles. The van der Waals surface area contributed by atoms with Crippen LogP contribution in [-0.4, -0.2) is 56.2 Å². The number of thiazole rings is 1. The van der Waals surface area contributed by atoms with Crippen molar-refractivity contribution in [3.05, 3.63) is 48.0 Å². The summed E-state index contributed by atoms with van der Waals surface area (Å²) in [6.07, 6.45) is 0.337. The summed E-state index contributed by atoms with van der Waals surface area (Å²) in [7, 11) is 3.26. The predicted molar refractivity (Wildman–Crippen MR) is 123 cm³/mol. The number of benzene rings is 2. The van der Waals surface area contributed by atoms with Crippen LogP contribution in [0.1, 0.15) is 19.4 Å². The maximum absolute atomic E-state index is 13.3. The summed E-state index contributed by atoms with van der Waals surface area (Å²) in [5, 5.41) is 0.667. The summed E-state index contributed by atoms with van der Waals surface area (Å²) >= 11 is 1.46. The Morgan fingerprint density at radius 1 is 0.967 bits per heavy atom. The molecule has 3 rings (SSSR count). The number of ether oxygens (including phenoxy) is 2. The molecule has 6 nitrogen and oxygen atoms in total. The Morgan fingerprint density at radius 3 is 2.27 bits per heavy atom. The van der Waals surface area contributed by atoms with Crippen molar-refractivity contribution >= 4 is 32.6 Å². The summed E-state index contributed by atoms with van der Waals surface area (Å²) < 4.78 is 11.9. The summed E-state index contributed by atoms with van der Waals surface area (Å²) in [5.41, 5.74) is 1.71. The fourth-order valence-corrected chi connectivity index (χ4v) is 4.48. The molecule has 0 aliphatic heterocycles. The molecule has 1 aromatic heterocycles. The van der Waals surface area contributed by atoms with Gasteiger partial charge in [-0.3, -0.25) is 9.69 Å². The average molecular weight is 428 g/mol. The number of carbonyl (C=O) groups is 1. The molecule has 3 aromatic rings. The molecular formula is C23H29N3O3S. The van der Waals surface area contributed by atoms with Gasteiger partial charge in [-0.25, -0.2) is 4.98 Å². The van der Waals surface area contributed by atoms with Gasteiger partial charge in [-0.05, 0) is 30.8 Å². The maximum Gasteiger partial charge on any atom is 0.233 e. The van der Waals surface area contributed by atoms with Crippen molar-refractivity contribution in [2.75, 3.05) is 45.3 Å². The highest BCUT2D eigenvalue weighted by Gasteiger charge is 2.23. The normalized spacial score (nSPS) is 11.1. The molecule has 0 unspecified atom stereocenters. The van der Waals surface area contributed by atoms with Gasteiger partial charge in [-0.15, -0.1) is 0 Å². The zero-order chi connectivity index (χ0) is 21.5. The molecule has 0 radical (unpaired) electrons. The third-order valence-electron chi connectivity index (χ3n) is 5.16. The number of hydrogen-bond donors (Lipinski definition) is 0. The number of aromatic nitrogens is 1. The van der Waals surface area contributed by atoms with Gasteiger partial charge < -0.3 is 14.4 Å². The Balaban J connectivity index is 1.97. The van der Waals surface area contributed by atoms with E-state index in [1.807, 2.05) is 42.5 Å². The third kappa shape index (κ3) is 4.91. The van der Waals surface area contributed by atoms with Gasteiger partial charge in [0.15, 0.2) is 5.13 Å². The molecule has 0 atom stereocenters. The number of likely N-dealkylation sites (N-methyl/N-ethyl adjacent to an activating group) is 1. The van der Waals surface area contributed by atoms with Gasteiger partial charge in [0.2, 0.25) is 5.91 Å². The molecule has 2 aromatic carbocycles. The van der Waals surface area contributed by atoms with Crippen LogP contribution >= 0.6 is 11.3 Å². The molecule has 0 spiro atoms. The van der Waals surface area contributed by atoms with E-state index >= 15 is 0 Å².